The minimum Gasteiger partial charge on any atom is -0.349 e. The van der Waals surface area contributed by atoms with Crippen LogP contribution in [0, 0.1) is 12.8 Å². The second-order valence-electron chi connectivity index (χ2n) is 7.91. The van der Waals surface area contributed by atoms with Crippen molar-refractivity contribution in [2.24, 2.45) is 13.0 Å². The van der Waals surface area contributed by atoms with Crippen LogP contribution in [0.5, 0.6) is 0 Å². The van der Waals surface area contributed by atoms with Crippen LogP contribution in [0.4, 0.5) is 0 Å². The molecule has 0 aliphatic heterocycles. The SMILES string of the molecule is Cc1nc(SCC(=O)NC(C)c2ccccc2)c2c(=O)n(C)c(=O)n(CC(C)C)c2n1. The zero-order valence-corrected chi connectivity index (χ0v) is 19.2. The predicted octanol–water partition coefficient (Wildman–Crippen LogP) is 2.42. The van der Waals surface area contributed by atoms with Crippen LogP contribution in [0.25, 0.3) is 11.0 Å². The fraction of sp³-hybridized carbons (Fsp3) is 0.409. The van der Waals surface area contributed by atoms with Crippen LogP contribution in [-0.2, 0) is 18.4 Å². The third-order valence-corrected chi connectivity index (χ3v) is 5.80. The van der Waals surface area contributed by atoms with Gasteiger partial charge in [-0.25, -0.2) is 14.8 Å². The highest BCUT2D eigenvalue weighted by Crippen LogP contribution is 2.23. The van der Waals surface area contributed by atoms with Crippen molar-refractivity contribution in [3.63, 3.8) is 0 Å². The molecule has 3 rings (SSSR count). The molecule has 0 saturated heterocycles. The zero-order chi connectivity index (χ0) is 22.7. The number of carbonyl (C=O) groups excluding carboxylic acids is 1. The average Bonchev–Trinajstić information content (AvgIpc) is 2.73. The minimum absolute atomic E-state index is 0.0924. The number of fused-ring (bicyclic) bond motifs is 1. The van der Waals surface area contributed by atoms with Crippen LogP contribution in [0.2, 0.25) is 0 Å². The van der Waals surface area contributed by atoms with Crippen LogP contribution in [-0.4, -0.2) is 30.8 Å². The first-order valence-electron chi connectivity index (χ1n) is 10.1. The summed E-state index contributed by atoms with van der Waals surface area (Å²) in [6.07, 6.45) is 0. The van der Waals surface area contributed by atoms with Crippen LogP contribution in [0.15, 0.2) is 44.9 Å². The van der Waals surface area contributed by atoms with Gasteiger partial charge < -0.3 is 5.32 Å². The molecule has 164 valence electrons. The van der Waals surface area contributed by atoms with E-state index < -0.39 is 11.2 Å². The number of rotatable bonds is 7. The molecule has 2 heterocycles. The number of nitrogens with zero attached hydrogens (tertiary/aromatic N) is 4. The van der Waals surface area contributed by atoms with E-state index in [1.165, 1.54) is 23.4 Å². The van der Waals surface area contributed by atoms with E-state index in [2.05, 4.69) is 15.3 Å². The summed E-state index contributed by atoms with van der Waals surface area (Å²) in [6, 6.07) is 9.55. The van der Waals surface area contributed by atoms with Crippen molar-refractivity contribution in [3.8, 4) is 0 Å². The Labute approximate surface area is 184 Å². The van der Waals surface area contributed by atoms with Gasteiger partial charge in [-0.3, -0.25) is 18.7 Å². The molecule has 1 aromatic carbocycles. The smallest absolute Gasteiger partial charge is 0.332 e. The number of thioether (sulfide) groups is 1. The number of hydrogen-bond acceptors (Lipinski definition) is 6. The molecule has 3 aromatic rings. The van der Waals surface area contributed by atoms with E-state index in [9.17, 15) is 14.4 Å². The highest BCUT2D eigenvalue weighted by molar-refractivity contribution is 8.00. The number of carbonyl (C=O) groups is 1. The molecule has 1 N–H and O–H groups in total. The molecule has 31 heavy (non-hydrogen) atoms. The number of nitrogens with one attached hydrogen (secondary N) is 1. The molecule has 0 saturated carbocycles. The van der Waals surface area contributed by atoms with Gasteiger partial charge >= 0.3 is 5.69 Å². The summed E-state index contributed by atoms with van der Waals surface area (Å²) in [4.78, 5) is 46.9. The van der Waals surface area contributed by atoms with E-state index in [4.69, 9.17) is 0 Å². The van der Waals surface area contributed by atoms with Gasteiger partial charge in [0.25, 0.3) is 5.56 Å². The molecular formula is C22H27N5O3S. The maximum absolute atomic E-state index is 12.9. The summed E-state index contributed by atoms with van der Waals surface area (Å²) in [5.41, 5.74) is 0.459. The van der Waals surface area contributed by atoms with Crippen molar-refractivity contribution in [3.05, 3.63) is 62.6 Å². The Kier molecular flexibility index (Phi) is 6.94. The summed E-state index contributed by atoms with van der Waals surface area (Å²) < 4.78 is 2.59. The summed E-state index contributed by atoms with van der Waals surface area (Å²) in [6.45, 7) is 8.04. The van der Waals surface area contributed by atoms with E-state index >= 15 is 0 Å². The lowest BCUT2D eigenvalue weighted by atomic mass is 10.1. The van der Waals surface area contributed by atoms with Crippen molar-refractivity contribution < 1.29 is 4.79 Å². The van der Waals surface area contributed by atoms with Gasteiger partial charge in [0, 0.05) is 13.6 Å². The Balaban J connectivity index is 1.92. The van der Waals surface area contributed by atoms with E-state index in [1.54, 1.807) is 6.92 Å². The maximum atomic E-state index is 12.9. The number of amides is 1. The van der Waals surface area contributed by atoms with Crippen molar-refractivity contribution in [2.45, 2.75) is 45.3 Å². The molecule has 0 radical (unpaired) electrons. The zero-order valence-electron chi connectivity index (χ0n) is 18.4. The molecule has 0 aliphatic rings. The second-order valence-corrected chi connectivity index (χ2v) is 8.88. The Bertz CT molecular complexity index is 1220. The molecule has 0 bridgehead atoms. The van der Waals surface area contributed by atoms with Crippen molar-refractivity contribution in [1.29, 1.82) is 0 Å². The average molecular weight is 442 g/mol. The predicted molar refractivity (Wildman–Crippen MR) is 122 cm³/mol. The normalized spacial score (nSPS) is 12.3. The van der Waals surface area contributed by atoms with Gasteiger partial charge in [-0.2, -0.15) is 0 Å². The fourth-order valence-corrected chi connectivity index (χ4v) is 4.19. The molecule has 0 spiro atoms. The number of aryl methyl sites for hydroxylation is 1. The van der Waals surface area contributed by atoms with Gasteiger partial charge in [0.05, 0.1) is 11.8 Å². The molecule has 1 amide bonds. The first kappa shape index (κ1) is 22.7. The largest absolute Gasteiger partial charge is 0.349 e. The lowest BCUT2D eigenvalue weighted by molar-refractivity contribution is -0.119. The van der Waals surface area contributed by atoms with Crippen molar-refractivity contribution in [2.75, 3.05) is 5.75 Å². The monoisotopic (exact) mass is 441 g/mol. The van der Waals surface area contributed by atoms with Gasteiger partial charge in [-0.1, -0.05) is 55.9 Å². The minimum atomic E-state index is -0.458. The molecule has 2 aromatic heterocycles. The van der Waals surface area contributed by atoms with Crippen LogP contribution >= 0.6 is 11.8 Å². The number of hydrogen-bond donors (Lipinski definition) is 1. The third-order valence-electron chi connectivity index (χ3n) is 4.83. The third kappa shape index (κ3) is 5.04. The molecule has 9 heteroatoms. The molecule has 0 aliphatic carbocycles. The number of benzene rings is 1. The van der Waals surface area contributed by atoms with Gasteiger partial charge in [0.1, 0.15) is 16.2 Å². The first-order valence-corrected chi connectivity index (χ1v) is 11.1. The lowest BCUT2D eigenvalue weighted by Crippen LogP contribution is -2.39. The van der Waals surface area contributed by atoms with E-state index in [-0.39, 0.29) is 29.0 Å². The molecular weight excluding hydrogens is 414 g/mol. The first-order chi connectivity index (χ1) is 14.7. The summed E-state index contributed by atoms with van der Waals surface area (Å²) in [5, 5.41) is 3.63. The van der Waals surface area contributed by atoms with Gasteiger partial charge in [0.2, 0.25) is 5.91 Å². The van der Waals surface area contributed by atoms with Crippen molar-refractivity contribution in [1.82, 2.24) is 24.4 Å². The Hall–Kier alpha value is -2.94. The van der Waals surface area contributed by atoms with E-state index in [1.807, 2.05) is 51.1 Å². The second kappa shape index (κ2) is 9.47. The maximum Gasteiger partial charge on any atom is 0.332 e. The summed E-state index contributed by atoms with van der Waals surface area (Å²) in [7, 11) is 1.45. The van der Waals surface area contributed by atoms with E-state index in [0.717, 1.165) is 10.1 Å². The summed E-state index contributed by atoms with van der Waals surface area (Å²) in [5.74, 6) is 0.557. The van der Waals surface area contributed by atoms with Crippen LogP contribution in [0.3, 0.4) is 0 Å². The van der Waals surface area contributed by atoms with Crippen LogP contribution < -0.4 is 16.6 Å². The molecule has 0 fully saturated rings. The highest BCUT2D eigenvalue weighted by Gasteiger charge is 2.19. The van der Waals surface area contributed by atoms with Gasteiger partial charge in [0.15, 0.2) is 5.65 Å². The fourth-order valence-electron chi connectivity index (χ4n) is 3.32. The number of aromatic nitrogens is 4. The Morgan fingerprint density at radius 1 is 1.13 bits per heavy atom. The van der Waals surface area contributed by atoms with Crippen LogP contribution in [0.1, 0.15) is 38.2 Å². The van der Waals surface area contributed by atoms with Gasteiger partial charge in [-0.05, 0) is 25.3 Å². The quantitative estimate of drug-likeness (QED) is 0.447. The Morgan fingerprint density at radius 3 is 2.45 bits per heavy atom. The van der Waals surface area contributed by atoms with E-state index in [0.29, 0.717) is 23.0 Å². The van der Waals surface area contributed by atoms with Gasteiger partial charge in [-0.15, -0.1) is 0 Å². The Morgan fingerprint density at radius 2 is 1.81 bits per heavy atom. The highest BCUT2D eigenvalue weighted by atomic mass is 32.2. The molecule has 1 atom stereocenters. The summed E-state index contributed by atoms with van der Waals surface area (Å²) >= 11 is 1.17. The van der Waals surface area contributed by atoms with Crippen molar-refractivity contribution >= 4 is 28.7 Å². The standard InChI is InChI=1S/C22H27N5O3S/c1-13(2)11-27-19-18(21(29)26(5)22(27)30)20(25-15(4)24-19)31-12-17(28)23-14(3)16-9-7-6-8-10-16/h6-10,13-14H,11-12H2,1-5H3,(H,23,28). The topological polar surface area (TPSA) is 98.9 Å². The molecule has 8 nitrogen and oxygen atoms in total. The molecule has 1 unspecified atom stereocenters. The lowest BCUT2D eigenvalue weighted by Gasteiger charge is -2.16.